The molecule has 3 heterocycles. The van der Waals surface area contributed by atoms with Gasteiger partial charge < -0.3 is 0 Å². The first-order valence-corrected chi connectivity index (χ1v) is 4.98. The van der Waals surface area contributed by atoms with E-state index in [4.69, 9.17) is 0 Å². The molecule has 0 aliphatic carbocycles. The Balaban J connectivity index is 2.59. The highest BCUT2D eigenvalue weighted by atomic mass is 16.1. The van der Waals surface area contributed by atoms with E-state index in [1.165, 1.54) is 10.7 Å². The predicted octanol–water partition coefficient (Wildman–Crippen LogP) is 0.417. The molecule has 82 valence electrons. The number of aromatic amines is 2. The minimum Gasteiger partial charge on any atom is -0.289 e. The Labute approximate surface area is 89.5 Å². The molecular weight excluding hydrogens is 208 g/mol. The van der Waals surface area contributed by atoms with Crippen LogP contribution in [0.25, 0.3) is 16.7 Å². The van der Waals surface area contributed by atoms with Crippen LogP contribution in [0.3, 0.4) is 0 Å². The van der Waals surface area contributed by atoms with Gasteiger partial charge in [-0.3, -0.25) is 10.1 Å². The lowest BCUT2D eigenvalue weighted by molar-refractivity contribution is 0.817. The topological polar surface area (TPSA) is 91.7 Å². The van der Waals surface area contributed by atoms with Crippen molar-refractivity contribution in [3.05, 3.63) is 22.5 Å². The third kappa shape index (κ3) is 1.02. The highest BCUT2D eigenvalue weighted by Gasteiger charge is 2.15. The summed E-state index contributed by atoms with van der Waals surface area (Å²) in [6.07, 6.45) is 1.39. The van der Waals surface area contributed by atoms with Gasteiger partial charge in [0, 0.05) is 0 Å². The molecule has 0 amide bonds. The fraction of sp³-hybridized carbons (Fsp3) is 0.333. The maximum absolute atomic E-state index is 11.6. The molecule has 0 radical (unpaired) electrons. The molecule has 0 spiro atoms. The first kappa shape index (κ1) is 9.08. The zero-order valence-corrected chi connectivity index (χ0v) is 8.85. The van der Waals surface area contributed by atoms with E-state index >= 15 is 0 Å². The Morgan fingerprint density at radius 3 is 3.00 bits per heavy atom. The van der Waals surface area contributed by atoms with Gasteiger partial charge in [0.25, 0.3) is 0 Å². The summed E-state index contributed by atoms with van der Waals surface area (Å²) in [4.78, 5) is 14.3. The number of hydrogen-bond acceptors (Lipinski definition) is 4. The molecule has 0 bridgehead atoms. The van der Waals surface area contributed by atoms with Gasteiger partial charge in [-0.2, -0.15) is 5.10 Å². The van der Waals surface area contributed by atoms with Crippen LogP contribution in [0.1, 0.15) is 25.5 Å². The molecule has 0 saturated heterocycles. The summed E-state index contributed by atoms with van der Waals surface area (Å²) in [7, 11) is 0. The van der Waals surface area contributed by atoms with E-state index < -0.39 is 0 Å². The van der Waals surface area contributed by atoms with Gasteiger partial charge >= 0.3 is 5.69 Å². The van der Waals surface area contributed by atoms with Crippen molar-refractivity contribution in [3.8, 4) is 0 Å². The largest absolute Gasteiger partial charge is 0.334 e. The van der Waals surface area contributed by atoms with Crippen molar-refractivity contribution in [2.45, 2.75) is 19.8 Å². The summed E-state index contributed by atoms with van der Waals surface area (Å²) in [5, 5.41) is 15.5. The van der Waals surface area contributed by atoms with Crippen LogP contribution in [0.2, 0.25) is 0 Å². The number of H-pyrrole nitrogens is 2. The lowest BCUT2D eigenvalue weighted by Crippen LogP contribution is -2.15. The fourth-order valence-corrected chi connectivity index (χ4v) is 1.81. The van der Waals surface area contributed by atoms with Crippen LogP contribution in [-0.2, 0) is 0 Å². The van der Waals surface area contributed by atoms with Crippen molar-refractivity contribution < 1.29 is 0 Å². The highest BCUT2D eigenvalue weighted by molar-refractivity contribution is 5.91. The molecule has 0 aliphatic rings. The van der Waals surface area contributed by atoms with Crippen LogP contribution in [0.4, 0.5) is 0 Å². The maximum Gasteiger partial charge on any atom is 0.334 e. The lowest BCUT2D eigenvalue weighted by Gasteiger charge is -2.01. The molecule has 0 aliphatic heterocycles. The number of fused-ring (bicyclic) bond motifs is 3. The summed E-state index contributed by atoms with van der Waals surface area (Å²) < 4.78 is 1.38. The molecular formula is C9H10N6O. The van der Waals surface area contributed by atoms with Gasteiger partial charge in [-0.25, -0.2) is 9.20 Å². The standard InChI is InChI=1S/C9H10N6O/c1-4(2)6-5-7(13-12-6)11-9(16)15-3-10-14-8(5)15/h3-4H,1-2H3,(H2,11,12,13,16). The zero-order chi connectivity index (χ0) is 11.3. The van der Waals surface area contributed by atoms with Gasteiger partial charge in [-0.15, -0.1) is 10.2 Å². The Hall–Kier alpha value is -2.18. The van der Waals surface area contributed by atoms with Crippen LogP contribution < -0.4 is 5.69 Å². The molecule has 0 atom stereocenters. The van der Waals surface area contributed by atoms with Crippen LogP contribution >= 0.6 is 0 Å². The van der Waals surface area contributed by atoms with E-state index in [0.29, 0.717) is 11.3 Å². The molecule has 16 heavy (non-hydrogen) atoms. The third-order valence-corrected chi connectivity index (χ3v) is 2.59. The predicted molar refractivity (Wildman–Crippen MR) is 57.3 cm³/mol. The second-order valence-electron chi connectivity index (χ2n) is 3.97. The van der Waals surface area contributed by atoms with Gasteiger partial charge in [0.05, 0.1) is 11.1 Å². The summed E-state index contributed by atoms with van der Waals surface area (Å²) in [5.74, 6) is 0.274. The summed E-state index contributed by atoms with van der Waals surface area (Å²) >= 11 is 0. The molecule has 0 unspecified atom stereocenters. The number of aromatic nitrogens is 6. The Morgan fingerprint density at radius 1 is 1.44 bits per heavy atom. The van der Waals surface area contributed by atoms with Crippen molar-refractivity contribution in [1.29, 1.82) is 0 Å². The van der Waals surface area contributed by atoms with Crippen molar-refractivity contribution in [2.24, 2.45) is 0 Å². The molecule has 7 nitrogen and oxygen atoms in total. The van der Waals surface area contributed by atoms with Gasteiger partial charge in [-0.1, -0.05) is 13.8 Å². The van der Waals surface area contributed by atoms with E-state index in [2.05, 4.69) is 25.4 Å². The number of nitrogens with zero attached hydrogens (tertiary/aromatic N) is 4. The van der Waals surface area contributed by atoms with Crippen molar-refractivity contribution in [3.63, 3.8) is 0 Å². The first-order valence-electron chi connectivity index (χ1n) is 4.98. The van der Waals surface area contributed by atoms with E-state index in [0.717, 1.165) is 11.1 Å². The Bertz CT molecular complexity index is 718. The minimum atomic E-state index is -0.283. The zero-order valence-electron chi connectivity index (χ0n) is 8.85. The van der Waals surface area contributed by atoms with Crippen LogP contribution in [0.5, 0.6) is 0 Å². The van der Waals surface area contributed by atoms with Gasteiger partial charge in [0.2, 0.25) is 0 Å². The SMILES string of the molecule is CC(C)c1[nH]nc2[nH]c(=O)n3cnnc3c12. The lowest BCUT2D eigenvalue weighted by atomic mass is 10.1. The highest BCUT2D eigenvalue weighted by Crippen LogP contribution is 2.23. The van der Waals surface area contributed by atoms with E-state index in [1.807, 2.05) is 13.8 Å². The van der Waals surface area contributed by atoms with Crippen molar-refractivity contribution in [2.75, 3.05) is 0 Å². The number of rotatable bonds is 1. The van der Waals surface area contributed by atoms with Gasteiger partial charge in [-0.05, 0) is 5.92 Å². The molecule has 0 saturated carbocycles. The average molecular weight is 218 g/mol. The number of nitrogens with one attached hydrogen (secondary N) is 2. The molecule has 0 fully saturated rings. The Kier molecular flexibility index (Phi) is 1.65. The summed E-state index contributed by atoms with van der Waals surface area (Å²) in [6.45, 7) is 4.09. The van der Waals surface area contributed by atoms with E-state index in [-0.39, 0.29) is 11.6 Å². The molecule has 0 aromatic carbocycles. The Morgan fingerprint density at radius 2 is 2.25 bits per heavy atom. The number of hydrogen-bond donors (Lipinski definition) is 2. The van der Waals surface area contributed by atoms with Crippen LogP contribution in [-0.4, -0.2) is 29.8 Å². The first-order chi connectivity index (χ1) is 7.68. The molecule has 3 aromatic rings. The van der Waals surface area contributed by atoms with Gasteiger partial charge in [0.1, 0.15) is 6.33 Å². The quantitative estimate of drug-likeness (QED) is 0.619. The molecule has 3 aromatic heterocycles. The van der Waals surface area contributed by atoms with Crippen molar-refractivity contribution in [1.82, 2.24) is 29.8 Å². The van der Waals surface area contributed by atoms with E-state index in [9.17, 15) is 4.79 Å². The average Bonchev–Trinajstić information content (AvgIpc) is 2.80. The monoisotopic (exact) mass is 218 g/mol. The van der Waals surface area contributed by atoms with Crippen LogP contribution in [0.15, 0.2) is 11.1 Å². The van der Waals surface area contributed by atoms with Gasteiger partial charge in [0.15, 0.2) is 11.3 Å². The molecule has 2 N–H and O–H groups in total. The minimum absolute atomic E-state index is 0.274. The second kappa shape index (κ2) is 2.91. The van der Waals surface area contributed by atoms with Crippen LogP contribution in [0, 0.1) is 0 Å². The summed E-state index contributed by atoms with van der Waals surface area (Å²) in [5.41, 5.74) is 1.73. The summed E-state index contributed by atoms with van der Waals surface area (Å²) in [6, 6.07) is 0. The van der Waals surface area contributed by atoms with Crippen molar-refractivity contribution >= 4 is 16.7 Å². The smallest absolute Gasteiger partial charge is 0.289 e. The molecule has 7 heteroatoms. The van der Waals surface area contributed by atoms with E-state index in [1.54, 1.807) is 0 Å². The third-order valence-electron chi connectivity index (χ3n) is 2.59. The maximum atomic E-state index is 11.6. The second-order valence-corrected chi connectivity index (χ2v) is 3.97. The normalized spacial score (nSPS) is 11.9. The fourth-order valence-electron chi connectivity index (χ4n) is 1.81. The molecule has 3 rings (SSSR count).